The van der Waals surface area contributed by atoms with E-state index in [1.54, 1.807) is 16.4 Å². The Kier molecular flexibility index (Phi) is 4.19. The molecule has 1 aromatic heterocycles. The number of nitrogens with one attached hydrogen (secondary N) is 1. The van der Waals surface area contributed by atoms with E-state index in [2.05, 4.69) is 10.3 Å². The molecule has 2 rings (SSSR count). The van der Waals surface area contributed by atoms with Crippen LogP contribution in [0, 0.1) is 0 Å². The second-order valence-electron chi connectivity index (χ2n) is 4.35. The Morgan fingerprint density at radius 2 is 2.06 bits per heavy atom. The first-order chi connectivity index (χ1) is 8.66. The molecule has 1 fully saturated rings. The van der Waals surface area contributed by atoms with Crippen molar-refractivity contribution >= 4 is 15.7 Å². The molecule has 100 valence electrons. The predicted molar refractivity (Wildman–Crippen MR) is 71.0 cm³/mol. The molecule has 1 N–H and O–H groups in total. The van der Waals surface area contributed by atoms with Gasteiger partial charge < -0.3 is 5.32 Å². The maximum absolute atomic E-state index is 12.5. The van der Waals surface area contributed by atoms with E-state index in [0.717, 1.165) is 19.3 Å². The summed E-state index contributed by atoms with van der Waals surface area (Å²) in [6, 6.07) is 3.50. The second kappa shape index (κ2) is 5.67. The van der Waals surface area contributed by atoms with Crippen molar-refractivity contribution in [1.29, 1.82) is 0 Å². The van der Waals surface area contributed by atoms with Crippen molar-refractivity contribution in [3.63, 3.8) is 0 Å². The quantitative estimate of drug-likeness (QED) is 0.903. The average Bonchev–Trinajstić information content (AvgIpc) is 2.41. The topological polar surface area (TPSA) is 62.3 Å². The average molecular weight is 269 g/mol. The molecule has 0 unspecified atom stereocenters. The highest BCUT2D eigenvalue weighted by atomic mass is 32.2. The van der Waals surface area contributed by atoms with E-state index in [1.807, 2.05) is 6.92 Å². The van der Waals surface area contributed by atoms with Crippen molar-refractivity contribution < 1.29 is 8.42 Å². The van der Waals surface area contributed by atoms with Gasteiger partial charge in [0.25, 0.3) is 10.0 Å². The van der Waals surface area contributed by atoms with Crippen molar-refractivity contribution in [3.8, 4) is 0 Å². The molecule has 1 aliphatic rings. The number of hydrogen-bond donors (Lipinski definition) is 1. The summed E-state index contributed by atoms with van der Waals surface area (Å²) in [5.74, 6) is 0. The minimum atomic E-state index is -3.46. The van der Waals surface area contributed by atoms with Crippen LogP contribution < -0.4 is 5.32 Å². The number of pyridine rings is 1. The standard InChI is InChI=1S/C12H19N3O2S/c1-2-13-11-7-6-8-14-12(11)18(16,17)15-9-4-3-5-10-15/h6-8,13H,2-5,9-10H2,1H3. The molecule has 1 saturated heterocycles. The fourth-order valence-corrected chi connectivity index (χ4v) is 3.74. The summed E-state index contributed by atoms with van der Waals surface area (Å²) < 4.78 is 26.6. The molecule has 18 heavy (non-hydrogen) atoms. The summed E-state index contributed by atoms with van der Waals surface area (Å²) in [6.07, 6.45) is 4.50. The Morgan fingerprint density at radius 1 is 1.33 bits per heavy atom. The van der Waals surface area contributed by atoms with E-state index in [1.165, 1.54) is 6.20 Å². The van der Waals surface area contributed by atoms with Crippen molar-refractivity contribution in [3.05, 3.63) is 18.3 Å². The Hall–Kier alpha value is -1.14. The third kappa shape index (κ3) is 2.64. The van der Waals surface area contributed by atoms with Gasteiger partial charge in [0, 0.05) is 25.8 Å². The number of piperidine rings is 1. The zero-order valence-corrected chi connectivity index (χ0v) is 11.4. The van der Waals surface area contributed by atoms with Gasteiger partial charge in [-0.25, -0.2) is 13.4 Å². The molecule has 2 heterocycles. The van der Waals surface area contributed by atoms with E-state index in [4.69, 9.17) is 0 Å². The lowest BCUT2D eigenvalue weighted by Gasteiger charge is -2.26. The third-order valence-electron chi connectivity index (χ3n) is 3.04. The summed E-state index contributed by atoms with van der Waals surface area (Å²) in [6.45, 7) is 3.81. The molecule has 0 bridgehead atoms. The van der Waals surface area contributed by atoms with Crippen molar-refractivity contribution in [2.75, 3.05) is 25.0 Å². The van der Waals surface area contributed by atoms with Crippen molar-refractivity contribution in [2.24, 2.45) is 0 Å². The molecular weight excluding hydrogens is 250 g/mol. The summed E-state index contributed by atoms with van der Waals surface area (Å²) in [5, 5.41) is 3.20. The highest BCUT2D eigenvalue weighted by molar-refractivity contribution is 7.89. The van der Waals surface area contributed by atoms with Gasteiger partial charge in [-0.05, 0) is 31.9 Å². The maximum atomic E-state index is 12.5. The lowest BCUT2D eigenvalue weighted by Crippen LogP contribution is -2.36. The zero-order chi connectivity index (χ0) is 13.0. The van der Waals surface area contributed by atoms with Gasteiger partial charge in [-0.3, -0.25) is 0 Å². The van der Waals surface area contributed by atoms with Gasteiger partial charge in [0.1, 0.15) is 0 Å². The molecule has 0 amide bonds. The number of sulfonamides is 1. The first-order valence-electron chi connectivity index (χ1n) is 6.35. The van der Waals surface area contributed by atoms with Gasteiger partial charge in [-0.15, -0.1) is 0 Å². The van der Waals surface area contributed by atoms with Gasteiger partial charge >= 0.3 is 0 Å². The third-order valence-corrected chi connectivity index (χ3v) is 4.90. The van der Waals surface area contributed by atoms with E-state index in [-0.39, 0.29) is 5.03 Å². The summed E-state index contributed by atoms with van der Waals surface area (Å²) in [4.78, 5) is 4.05. The Balaban J connectivity index is 2.34. The molecule has 0 spiro atoms. The highest BCUT2D eigenvalue weighted by Crippen LogP contribution is 2.24. The molecule has 0 atom stereocenters. The van der Waals surface area contributed by atoms with Crippen LogP contribution >= 0.6 is 0 Å². The molecule has 1 aromatic rings. The number of aromatic nitrogens is 1. The van der Waals surface area contributed by atoms with E-state index in [9.17, 15) is 8.42 Å². The van der Waals surface area contributed by atoms with E-state index < -0.39 is 10.0 Å². The molecule has 5 nitrogen and oxygen atoms in total. The number of anilines is 1. The van der Waals surface area contributed by atoms with Gasteiger partial charge in [0.2, 0.25) is 0 Å². The number of hydrogen-bond acceptors (Lipinski definition) is 4. The van der Waals surface area contributed by atoms with Gasteiger partial charge in [-0.2, -0.15) is 4.31 Å². The SMILES string of the molecule is CCNc1cccnc1S(=O)(=O)N1CCCCC1. The fraction of sp³-hybridized carbons (Fsp3) is 0.583. The molecule has 0 aliphatic carbocycles. The summed E-state index contributed by atoms with van der Waals surface area (Å²) in [7, 11) is -3.46. The lowest BCUT2D eigenvalue weighted by molar-refractivity contribution is 0.345. The Labute approximate surface area is 108 Å². The smallest absolute Gasteiger partial charge is 0.262 e. The van der Waals surface area contributed by atoms with Gasteiger partial charge in [0.05, 0.1) is 5.69 Å². The summed E-state index contributed by atoms with van der Waals surface area (Å²) in [5.41, 5.74) is 0.588. The first kappa shape index (κ1) is 13.3. The van der Waals surface area contributed by atoms with Crippen LogP contribution in [0.1, 0.15) is 26.2 Å². The van der Waals surface area contributed by atoms with Gasteiger partial charge in [0.15, 0.2) is 5.03 Å². The Bertz CT molecular complexity index is 496. The van der Waals surface area contributed by atoms with Gasteiger partial charge in [-0.1, -0.05) is 6.42 Å². The Morgan fingerprint density at radius 3 is 2.72 bits per heavy atom. The second-order valence-corrected chi connectivity index (χ2v) is 6.20. The van der Waals surface area contributed by atoms with E-state index in [0.29, 0.717) is 25.3 Å². The van der Waals surface area contributed by atoms with Crippen molar-refractivity contribution in [1.82, 2.24) is 9.29 Å². The fourth-order valence-electron chi connectivity index (χ4n) is 2.15. The van der Waals surface area contributed by atoms with Crippen LogP contribution in [0.5, 0.6) is 0 Å². The van der Waals surface area contributed by atoms with Crippen LogP contribution in [0.3, 0.4) is 0 Å². The van der Waals surface area contributed by atoms with E-state index >= 15 is 0 Å². The van der Waals surface area contributed by atoms with Crippen LogP contribution in [0.15, 0.2) is 23.4 Å². The van der Waals surface area contributed by atoms with Crippen LogP contribution in [-0.2, 0) is 10.0 Å². The maximum Gasteiger partial charge on any atom is 0.262 e. The summed E-state index contributed by atoms with van der Waals surface area (Å²) >= 11 is 0. The van der Waals surface area contributed by atoms with Crippen LogP contribution in [-0.4, -0.2) is 37.3 Å². The number of rotatable bonds is 4. The monoisotopic (exact) mass is 269 g/mol. The minimum Gasteiger partial charge on any atom is -0.383 e. The first-order valence-corrected chi connectivity index (χ1v) is 7.79. The molecular formula is C12H19N3O2S. The van der Waals surface area contributed by atoms with Crippen molar-refractivity contribution in [2.45, 2.75) is 31.2 Å². The molecule has 0 radical (unpaired) electrons. The minimum absolute atomic E-state index is 0.147. The highest BCUT2D eigenvalue weighted by Gasteiger charge is 2.29. The lowest BCUT2D eigenvalue weighted by atomic mass is 10.2. The number of nitrogens with zero attached hydrogens (tertiary/aromatic N) is 2. The molecule has 0 saturated carbocycles. The largest absolute Gasteiger partial charge is 0.383 e. The molecule has 1 aliphatic heterocycles. The molecule has 6 heteroatoms. The van der Waals surface area contributed by atoms with Crippen LogP contribution in [0.25, 0.3) is 0 Å². The molecule has 0 aromatic carbocycles. The van der Waals surface area contributed by atoms with Crippen LogP contribution in [0.2, 0.25) is 0 Å². The predicted octanol–water partition coefficient (Wildman–Crippen LogP) is 1.69. The normalized spacial score (nSPS) is 17.6. The zero-order valence-electron chi connectivity index (χ0n) is 10.6. The van der Waals surface area contributed by atoms with Crippen LogP contribution in [0.4, 0.5) is 5.69 Å².